The summed E-state index contributed by atoms with van der Waals surface area (Å²) in [6.45, 7) is 4.29. The summed E-state index contributed by atoms with van der Waals surface area (Å²) in [4.78, 5) is 10.1. The van der Waals surface area contributed by atoms with Crippen LogP contribution >= 0.6 is 11.3 Å². The van der Waals surface area contributed by atoms with E-state index in [4.69, 9.17) is 0 Å². The lowest BCUT2D eigenvalue weighted by Gasteiger charge is -2.18. The Morgan fingerprint density at radius 1 is 1.20 bits per heavy atom. The Morgan fingerprint density at radius 2 is 2.10 bits per heavy atom. The lowest BCUT2D eigenvalue weighted by Crippen LogP contribution is -2.10. The number of rotatable bonds is 4. The molecular formula is C16H17N3S. The Hall–Kier alpha value is -1.94. The summed E-state index contributed by atoms with van der Waals surface area (Å²) in [7, 11) is 0. The van der Waals surface area contributed by atoms with Crippen molar-refractivity contribution in [2.24, 2.45) is 0 Å². The van der Waals surface area contributed by atoms with E-state index >= 15 is 0 Å². The number of aromatic nitrogens is 2. The zero-order valence-electron chi connectivity index (χ0n) is 11.6. The largest absolute Gasteiger partial charge is 0.362 e. The highest BCUT2D eigenvalue weighted by Crippen LogP contribution is 2.29. The maximum Gasteiger partial charge on any atom is 0.138 e. The molecule has 20 heavy (non-hydrogen) atoms. The molecule has 0 aliphatic rings. The number of anilines is 1. The Balaban J connectivity index is 2.02. The van der Waals surface area contributed by atoms with Crippen LogP contribution < -0.4 is 5.32 Å². The second kappa shape index (κ2) is 5.59. The molecule has 0 amide bonds. The predicted octanol–water partition coefficient (Wildman–Crippen LogP) is 4.56. The van der Waals surface area contributed by atoms with Crippen LogP contribution in [-0.2, 0) is 0 Å². The summed E-state index contributed by atoms with van der Waals surface area (Å²) in [6, 6.07) is 10.7. The normalized spacial score (nSPS) is 12.5. The zero-order valence-corrected chi connectivity index (χ0v) is 12.4. The van der Waals surface area contributed by atoms with Gasteiger partial charge in [0.15, 0.2) is 0 Å². The van der Waals surface area contributed by atoms with E-state index in [1.165, 1.54) is 10.4 Å². The van der Waals surface area contributed by atoms with Gasteiger partial charge in [-0.05, 0) is 36.4 Å². The molecule has 1 N–H and O–H groups in total. The number of benzene rings is 1. The van der Waals surface area contributed by atoms with Crippen molar-refractivity contribution < 1.29 is 0 Å². The lowest BCUT2D eigenvalue weighted by atomic mass is 10.1. The van der Waals surface area contributed by atoms with Crippen molar-refractivity contribution >= 4 is 28.1 Å². The van der Waals surface area contributed by atoms with Crippen LogP contribution in [0.2, 0.25) is 0 Å². The molecule has 3 nitrogen and oxygen atoms in total. The summed E-state index contributed by atoms with van der Waals surface area (Å²) in [5.74, 6) is 0.924. The molecular weight excluding hydrogens is 266 g/mol. The third kappa shape index (κ3) is 2.39. The second-order valence-electron chi connectivity index (χ2n) is 4.81. The molecule has 1 unspecified atom stereocenters. The van der Waals surface area contributed by atoms with Gasteiger partial charge in [0.25, 0.3) is 0 Å². The summed E-state index contributed by atoms with van der Waals surface area (Å²) in [5, 5.41) is 6.80. The van der Waals surface area contributed by atoms with E-state index in [9.17, 15) is 0 Å². The number of nitrogens with one attached hydrogen (secondary N) is 1. The third-order valence-electron chi connectivity index (χ3n) is 3.48. The standard InChI is InChI=1S/C16H17N3S/c1-3-12(14-8-5-9-20-14)19-16-15-11(2)6-4-7-13(15)17-10-18-16/h4-10,12H,3H2,1-2H3,(H,17,18,19). The highest BCUT2D eigenvalue weighted by atomic mass is 32.1. The topological polar surface area (TPSA) is 37.8 Å². The molecule has 2 heterocycles. The highest BCUT2D eigenvalue weighted by molar-refractivity contribution is 7.10. The quantitative estimate of drug-likeness (QED) is 0.762. The average molecular weight is 283 g/mol. The monoisotopic (exact) mass is 283 g/mol. The van der Waals surface area contributed by atoms with Gasteiger partial charge >= 0.3 is 0 Å². The fraction of sp³-hybridized carbons (Fsp3) is 0.250. The number of fused-ring (bicyclic) bond motifs is 1. The van der Waals surface area contributed by atoms with Crippen molar-refractivity contribution in [1.82, 2.24) is 9.97 Å². The van der Waals surface area contributed by atoms with Crippen LogP contribution in [0.1, 0.15) is 29.8 Å². The van der Waals surface area contributed by atoms with Gasteiger partial charge in [-0.15, -0.1) is 11.3 Å². The van der Waals surface area contributed by atoms with Gasteiger partial charge in [-0.3, -0.25) is 0 Å². The first kappa shape index (κ1) is 13.1. The molecule has 0 aliphatic carbocycles. The van der Waals surface area contributed by atoms with Gasteiger partial charge in [0.1, 0.15) is 12.1 Å². The molecule has 1 aromatic carbocycles. The predicted molar refractivity (Wildman–Crippen MR) is 85.2 cm³/mol. The highest BCUT2D eigenvalue weighted by Gasteiger charge is 2.13. The minimum atomic E-state index is 0.299. The molecule has 0 saturated carbocycles. The van der Waals surface area contributed by atoms with E-state index in [1.807, 2.05) is 12.1 Å². The van der Waals surface area contributed by atoms with Gasteiger partial charge in [-0.1, -0.05) is 25.1 Å². The number of aryl methyl sites for hydroxylation is 1. The van der Waals surface area contributed by atoms with Crippen LogP contribution in [0.3, 0.4) is 0 Å². The van der Waals surface area contributed by atoms with E-state index in [0.29, 0.717) is 6.04 Å². The van der Waals surface area contributed by atoms with Crippen LogP contribution in [0.4, 0.5) is 5.82 Å². The summed E-state index contributed by atoms with van der Waals surface area (Å²) in [5.41, 5.74) is 2.19. The van der Waals surface area contributed by atoms with Gasteiger partial charge in [0.2, 0.25) is 0 Å². The first-order valence-corrected chi connectivity index (χ1v) is 7.68. The van der Waals surface area contributed by atoms with Crippen molar-refractivity contribution in [3.63, 3.8) is 0 Å². The van der Waals surface area contributed by atoms with Crippen LogP contribution in [0.5, 0.6) is 0 Å². The average Bonchev–Trinajstić information content (AvgIpc) is 2.99. The first-order chi connectivity index (χ1) is 9.79. The van der Waals surface area contributed by atoms with Crippen LogP contribution in [0, 0.1) is 6.92 Å². The molecule has 1 atom stereocenters. The van der Waals surface area contributed by atoms with Crippen molar-refractivity contribution in [3.8, 4) is 0 Å². The molecule has 102 valence electrons. The van der Waals surface area contributed by atoms with E-state index in [1.54, 1.807) is 17.7 Å². The van der Waals surface area contributed by atoms with E-state index in [0.717, 1.165) is 23.1 Å². The van der Waals surface area contributed by atoms with Crippen LogP contribution in [-0.4, -0.2) is 9.97 Å². The molecule has 0 bridgehead atoms. The Morgan fingerprint density at radius 3 is 2.85 bits per heavy atom. The number of nitrogens with zero attached hydrogens (tertiary/aromatic N) is 2. The second-order valence-corrected chi connectivity index (χ2v) is 5.79. The maximum absolute atomic E-state index is 4.45. The molecule has 0 radical (unpaired) electrons. The van der Waals surface area contributed by atoms with E-state index in [-0.39, 0.29) is 0 Å². The summed E-state index contributed by atoms with van der Waals surface area (Å²) >= 11 is 1.78. The molecule has 3 rings (SSSR count). The van der Waals surface area contributed by atoms with E-state index < -0.39 is 0 Å². The maximum atomic E-state index is 4.45. The first-order valence-electron chi connectivity index (χ1n) is 6.80. The van der Waals surface area contributed by atoms with Crippen LogP contribution in [0.25, 0.3) is 10.9 Å². The SMILES string of the molecule is CCC(Nc1ncnc2cccc(C)c12)c1cccs1. The van der Waals surface area contributed by atoms with Crippen LogP contribution in [0.15, 0.2) is 42.0 Å². The molecule has 0 spiro atoms. The Labute approximate surface area is 122 Å². The Kier molecular flexibility index (Phi) is 3.65. The molecule has 3 aromatic rings. The Bertz CT molecular complexity index is 702. The summed E-state index contributed by atoms with van der Waals surface area (Å²) < 4.78 is 0. The number of hydrogen-bond acceptors (Lipinski definition) is 4. The molecule has 4 heteroatoms. The van der Waals surface area contributed by atoms with Gasteiger partial charge in [-0.2, -0.15) is 0 Å². The van der Waals surface area contributed by atoms with Gasteiger partial charge in [0, 0.05) is 10.3 Å². The fourth-order valence-electron chi connectivity index (χ4n) is 2.42. The number of hydrogen-bond donors (Lipinski definition) is 1. The molecule has 0 aliphatic heterocycles. The van der Waals surface area contributed by atoms with Crippen molar-refractivity contribution in [1.29, 1.82) is 0 Å². The fourth-order valence-corrected chi connectivity index (χ4v) is 3.28. The van der Waals surface area contributed by atoms with E-state index in [2.05, 4.69) is 52.7 Å². The third-order valence-corrected chi connectivity index (χ3v) is 4.46. The van der Waals surface area contributed by atoms with Crippen molar-refractivity contribution in [2.45, 2.75) is 26.3 Å². The molecule has 0 fully saturated rings. The van der Waals surface area contributed by atoms with Gasteiger partial charge in [0.05, 0.1) is 11.6 Å². The van der Waals surface area contributed by atoms with Gasteiger partial charge in [-0.25, -0.2) is 9.97 Å². The van der Waals surface area contributed by atoms with Gasteiger partial charge < -0.3 is 5.32 Å². The number of thiophene rings is 1. The summed E-state index contributed by atoms with van der Waals surface area (Å²) in [6.07, 6.45) is 2.66. The van der Waals surface area contributed by atoms with Crippen molar-refractivity contribution in [2.75, 3.05) is 5.32 Å². The minimum absolute atomic E-state index is 0.299. The zero-order chi connectivity index (χ0) is 13.9. The lowest BCUT2D eigenvalue weighted by molar-refractivity contribution is 0.759. The smallest absolute Gasteiger partial charge is 0.138 e. The van der Waals surface area contributed by atoms with Crippen molar-refractivity contribution in [3.05, 3.63) is 52.5 Å². The molecule has 0 saturated heterocycles. The minimum Gasteiger partial charge on any atom is -0.362 e. The molecule has 2 aromatic heterocycles.